The minimum Gasteiger partial charge on any atom is -0.491 e. The molecule has 1 fully saturated rings. The van der Waals surface area contributed by atoms with Crippen molar-refractivity contribution in [1.82, 2.24) is 10.2 Å². The molecule has 0 bridgehead atoms. The summed E-state index contributed by atoms with van der Waals surface area (Å²) in [5.74, 6) is 0.489. The fraction of sp³-hybridized carbons (Fsp3) is 0.600. The zero-order chi connectivity index (χ0) is 17.8. The van der Waals surface area contributed by atoms with Gasteiger partial charge < -0.3 is 15.0 Å². The van der Waals surface area contributed by atoms with E-state index in [1.54, 1.807) is 11.0 Å². The number of ether oxygens (including phenoxy) is 1. The van der Waals surface area contributed by atoms with Crippen molar-refractivity contribution in [1.29, 1.82) is 0 Å². The highest BCUT2D eigenvalue weighted by Crippen LogP contribution is 2.26. The molecule has 2 aliphatic rings. The minimum atomic E-state index is -0.468. The first kappa shape index (κ1) is 17.8. The Hall–Kier alpha value is -2.04. The molecular weight excluding hydrogens is 316 g/mol. The Bertz CT molecular complexity index is 623. The van der Waals surface area contributed by atoms with E-state index in [-0.39, 0.29) is 23.8 Å². The largest absolute Gasteiger partial charge is 0.491 e. The molecule has 0 spiro atoms. The first-order chi connectivity index (χ1) is 12.1. The highest BCUT2D eigenvalue weighted by Gasteiger charge is 2.36. The molecule has 1 aliphatic carbocycles. The molecule has 1 atom stereocenters. The second-order valence-electron chi connectivity index (χ2n) is 7.38. The van der Waals surface area contributed by atoms with Crippen molar-refractivity contribution in [3.8, 4) is 5.75 Å². The number of nitrogens with zero attached hydrogens (tertiary/aromatic N) is 1. The summed E-state index contributed by atoms with van der Waals surface area (Å²) >= 11 is 0. The monoisotopic (exact) mass is 344 g/mol. The second-order valence-corrected chi connectivity index (χ2v) is 7.38. The van der Waals surface area contributed by atoms with Crippen molar-refractivity contribution in [3.05, 3.63) is 29.8 Å². The third-order valence-electron chi connectivity index (χ3n) is 5.16. The van der Waals surface area contributed by atoms with Crippen LogP contribution in [-0.2, 0) is 4.79 Å². The standard InChI is InChI=1S/C20H28N2O3/c1-14(2)18(19(23)21-15-8-4-3-5-9-15)22-12-13-25-17-11-7-6-10-16(17)20(22)24/h6-7,10-11,14-15,18H,3-5,8-9,12-13H2,1-2H3,(H,21,23). The molecule has 1 N–H and O–H groups in total. The summed E-state index contributed by atoms with van der Waals surface area (Å²) in [6.45, 7) is 4.82. The van der Waals surface area contributed by atoms with Crippen LogP contribution in [-0.4, -0.2) is 41.9 Å². The van der Waals surface area contributed by atoms with Crippen LogP contribution in [0.4, 0.5) is 0 Å². The predicted octanol–water partition coefficient (Wildman–Crippen LogP) is 2.99. The molecule has 1 saturated carbocycles. The Balaban J connectivity index is 1.79. The molecule has 1 unspecified atom stereocenters. The minimum absolute atomic E-state index is 0.0327. The summed E-state index contributed by atoms with van der Waals surface area (Å²) in [6.07, 6.45) is 5.66. The molecule has 0 aromatic heterocycles. The number of rotatable bonds is 4. The normalized spacial score (nSPS) is 19.8. The van der Waals surface area contributed by atoms with Gasteiger partial charge in [-0.15, -0.1) is 0 Å². The molecular formula is C20H28N2O3. The third-order valence-corrected chi connectivity index (χ3v) is 5.16. The molecule has 5 nitrogen and oxygen atoms in total. The van der Waals surface area contributed by atoms with Gasteiger partial charge in [-0.05, 0) is 30.9 Å². The number of hydrogen-bond acceptors (Lipinski definition) is 3. The van der Waals surface area contributed by atoms with Crippen LogP contribution >= 0.6 is 0 Å². The van der Waals surface area contributed by atoms with Crippen LogP contribution in [0.2, 0.25) is 0 Å². The highest BCUT2D eigenvalue weighted by atomic mass is 16.5. The molecule has 5 heteroatoms. The van der Waals surface area contributed by atoms with E-state index in [1.807, 2.05) is 32.0 Å². The van der Waals surface area contributed by atoms with E-state index >= 15 is 0 Å². The lowest BCUT2D eigenvalue weighted by molar-refractivity contribution is -0.128. The van der Waals surface area contributed by atoms with Crippen LogP contribution in [0.15, 0.2) is 24.3 Å². The zero-order valence-corrected chi connectivity index (χ0v) is 15.2. The molecule has 0 radical (unpaired) electrons. The highest BCUT2D eigenvalue weighted by molar-refractivity contribution is 6.00. The number of nitrogens with one attached hydrogen (secondary N) is 1. The van der Waals surface area contributed by atoms with Crippen molar-refractivity contribution >= 4 is 11.8 Å². The van der Waals surface area contributed by atoms with E-state index in [2.05, 4.69) is 5.32 Å². The fourth-order valence-corrected chi connectivity index (χ4v) is 3.88. The van der Waals surface area contributed by atoms with Gasteiger partial charge in [-0.3, -0.25) is 9.59 Å². The van der Waals surface area contributed by atoms with Gasteiger partial charge >= 0.3 is 0 Å². The predicted molar refractivity (Wildman–Crippen MR) is 96.6 cm³/mol. The summed E-state index contributed by atoms with van der Waals surface area (Å²) in [5, 5.41) is 3.19. The average Bonchev–Trinajstić information content (AvgIpc) is 2.76. The molecule has 25 heavy (non-hydrogen) atoms. The maximum Gasteiger partial charge on any atom is 0.258 e. The van der Waals surface area contributed by atoms with Crippen molar-refractivity contribution in [3.63, 3.8) is 0 Å². The second kappa shape index (κ2) is 7.89. The van der Waals surface area contributed by atoms with Crippen LogP contribution in [0, 0.1) is 5.92 Å². The third kappa shape index (κ3) is 3.97. The van der Waals surface area contributed by atoms with Crippen LogP contribution in [0.3, 0.4) is 0 Å². The van der Waals surface area contributed by atoms with Crippen molar-refractivity contribution in [2.75, 3.05) is 13.2 Å². The maximum atomic E-state index is 13.0. The molecule has 2 amide bonds. The Morgan fingerprint density at radius 2 is 1.92 bits per heavy atom. The van der Waals surface area contributed by atoms with E-state index < -0.39 is 6.04 Å². The van der Waals surface area contributed by atoms with E-state index in [9.17, 15) is 9.59 Å². The van der Waals surface area contributed by atoms with Crippen LogP contribution < -0.4 is 10.1 Å². The quantitative estimate of drug-likeness (QED) is 0.913. The SMILES string of the molecule is CC(C)C(C(=O)NC1CCCCC1)N1CCOc2ccccc2C1=O. The van der Waals surface area contributed by atoms with Gasteiger partial charge in [0.25, 0.3) is 5.91 Å². The van der Waals surface area contributed by atoms with Crippen molar-refractivity contribution < 1.29 is 14.3 Å². The summed E-state index contributed by atoms with van der Waals surface area (Å²) in [7, 11) is 0. The summed E-state index contributed by atoms with van der Waals surface area (Å²) in [6, 6.07) is 7.04. The first-order valence-corrected chi connectivity index (χ1v) is 9.41. The fourth-order valence-electron chi connectivity index (χ4n) is 3.88. The van der Waals surface area contributed by atoms with Crippen LogP contribution in [0.1, 0.15) is 56.3 Å². The summed E-state index contributed by atoms with van der Waals surface area (Å²) < 4.78 is 5.71. The Labute approximate surface area is 149 Å². The number of carbonyl (C=O) groups excluding carboxylic acids is 2. The van der Waals surface area contributed by atoms with E-state index in [0.29, 0.717) is 24.5 Å². The smallest absolute Gasteiger partial charge is 0.258 e. The van der Waals surface area contributed by atoms with Gasteiger partial charge in [0.05, 0.1) is 12.1 Å². The molecule has 1 aromatic carbocycles. The van der Waals surface area contributed by atoms with Crippen LogP contribution in [0.5, 0.6) is 5.75 Å². The number of benzene rings is 1. The number of fused-ring (bicyclic) bond motifs is 1. The van der Waals surface area contributed by atoms with E-state index in [4.69, 9.17) is 4.74 Å². The zero-order valence-electron chi connectivity index (χ0n) is 15.2. The maximum absolute atomic E-state index is 13.0. The average molecular weight is 344 g/mol. The van der Waals surface area contributed by atoms with E-state index in [0.717, 1.165) is 12.8 Å². The molecule has 1 heterocycles. The van der Waals surface area contributed by atoms with E-state index in [1.165, 1.54) is 19.3 Å². The van der Waals surface area contributed by atoms with Gasteiger partial charge in [0.15, 0.2) is 0 Å². The number of amides is 2. The molecule has 1 aliphatic heterocycles. The first-order valence-electron chi connectivity index (χ1n) is 9.41. The lowest BCUT2D eigenvalue weighted by atomic mass is 9.94. The molecule has 0 saturated heterocycles. The van der Waals surface area contributed by atoms with Gasteiger partial charge in [-0.25, -0.2) is 0 Å². The molecule has 3 rings (SSSR count). The Morgan fingerprint density at radius 1 is 1.20 bits per heavy atom. The van der Waals surface area contributed by atoms with Crippen molar-refractivity contribution in [2.45, 2.75) is 58.0 Å². The van der Waals surface area contributed by atoms with Gasteiger partial charge in [-0.2, -0.15) is 0 Å². The Kier molecular flexibility index (Phi) is 5.61. The van der Waals surface area contributed by atoms with Gasteiger partial charge in [0.1, 0.15) is 18.4 Å². The molecule has 136 valence electrons. The van der Waals surface area contributed by atoms with Gasteiger partial charge in [-0.1, -0.05) is 45.2 Å². The van der Waals surface area contributed by atoms with Crippen molar-refractivity contribution in [2.24, 2.45) is 5.92 Å². The summed E-state index contributed by atoms with van der Waals surface area (Å²) in [5.41, 5.74) is 0.538. The number of para-hydroxylation sites is 1. The van der Waals surface area contributed by atoms with Crippen LogP contribution in [0.25, 0.3) is 0 Å². The number of carbonyl (C=O) groups is 2. The Morgan fingerprint density at radius 3 is 2.64 bits per heavy atom. The number of hydrogen-bond donors (Lipinski definition) is 1. The van der Waals surface area contributed by atoms with Gasteiger partial charge in [0, 0.05) is 6.04 Å². The lowest BCUT2D eigenvalue weighted by Gasteiger charge is -2.34. The van der Waals surface area contributed by atoms with Gasteiger partial charge in [0.2, 0.25) is 5.91 Å². The lowest BCUT2D eigenvalue weighted by Crippen LogP contribution is -2.54. The topological polar surface area (TPSA) is 58.6 Å². The molecule has 1 aromatic rings. The summed E-state index contributed by atoms with van der Waals surface area (Å²) in [4.78, 5) is 27.7.